The Morgan fingerprint density at radius 3 is 2.39 bits per heavy atom. The van der Waals surface area contributed by atoms with Crippen LogP contribution in [0.3, 0.4) is 0 Å². The summed E-state index contributed by atoms with van der Waals surface area (Å²) < 4.78 is 1.92. The predicted molar refractivity (Wildman–Crippen MR) is 81.6 cm³/mol. The molecule has 3 heteroatoms. The molecule has 0 saturated heterocycles. The van der Waals surface area contributed by atoms with E-state index in [1.807, 2.05) is 54.6 Å². The van der Waals surface area contributed by atoms with Gasteiger partial charge in [-0.05, 0) is 55.6 Å². The minimum Gasteiger partial charge on any atom is -0.289 e. The van der Waals surface area contributed by atoms with Gasteiger partial charge in [0.1, 0.15) is 0 Å². The van der Waals surface area contributed by atoms with E-state index in [4.69, 9.17) is 0 Å². The highest BCUT2D eigenvalue weighted by molar-refractivity contribution is 9.13. The van der Waals surface area contributed by atoms with E-state index < -0.39 is 0 Å². The summed E-state index contributed by atoms with van der Waals surface area (Å²) in [5.74, 6) is 0.00229. The average molecular weight is 366 g/mol. The Bertz CT molecular complexity index is 589. The topological polar surface area (TPSA) is 17.1 Å². The largest absolute Gasteiger partial charge is 0.289 e. The van der Waals surface area contributed by atoms with Gasteiger partial charge in [-0.1, -0.05) is 42.5 Å². The van der Waals surface area contributed by atoms with Crippen LogP contribution >= 0.6 is 31.9 Å². The van der Waals surface area contributed by atoms with Crippen molar-refractivity contribution in [1.29, 1.82) is 0 Å². The summed E-state index contributed by atoms with van der Waals surface area (Å²) in [6.07, 6.45) is 3.39. The SMILES string of the molecule is O=C(C=Cc1cccc(Br)c1Br)c1ccccc1. The number of carbonyl (C=O) groups is 1. The molecule has 2 rings (SSSR count). The molecule has 0 radical (unpaired) electrons. The quantitative estimate of drug-likeness (QED) is 0.545. The Hall–Kier alpha value is -1.19. The summed E-state index contributed by atoms with van der Waals surface area (Å²) in [6, 6.07) is 15.1. The van der Waals surface area contributed by atoms with Crippen molar-refractivity contribution in [2.24, 2.45) is 0 Å². The van der Waals surface area contributed by atoms with Gasteiger partial charge in [-0.2, -0.15) is 0 Å². The molecule has 18 heavy (non-hydrogen) atoms. The zero-order valence-corrected chi connectivity index (χ0v) is 12.6. The highest BCUT2D eigenvalue weighted by atomic mass is 79.9. The molecule has 0 aliphatic carbocycles. The zero-order chi connectivity index (χ0) is 13.0. The second-order valence-electron chi connectivity index (χ2n) is 3.71. The van der Waals surface area contributed by atoms with Gasteiger partial charge in [-0.25, -0.2) is 0 Å². The lowest BCUT2D eigenvalue weighted by molar-refractivity contribution is 0.104. The Morgan fingerprint density at radius 2 is 1.67 bits per heavy atom. The van der Waals surface area contributed by atoms with E-state index in [0.29, 0.717) is 5.56 Å². The number of hydrogen-bond acceptors (Lipinski definition) is 1. The summed E-state index contributed by atoms with van der Waals surface area (Å²) in [5, 5.41) is 0. The number of rotatable bonds is 3. The molecule has 1 nitrogen and oxygen atoms in total. The fourth-order valence-electron chi connectivity index (χ4n) is 1.51. The third-order valence-corrected chi connectivity index (χ3v) is 4.53. The smallest absolute Gasteiger partial charge is 0.185 e. The molecule has 0 spiro atoms. The van der Waals surface area contributed by atoms with Crippen LogP contribution in [0.15, 0.2) is 63.6 Å². The van der Waals surface area contributed by atoms with Crippen molar-refractivity contribution < 1.29 is 4.79 Å². The maximum atomic E-state index is 11.9. The van der Waals surface area contributed by atoms with Crippen molar-refractivity contribution in [2.45, 2.75) is 0 Å². The van der Waals surface area contributed by atoms with E-state index in [9.17, 15) is 4.79 Å². The molecule has 0 saturated carbocycles. The molecule has 0 aliphatic heterocycles. The van der Waals surface area contributed by atoms with E-state index in [1.165, 1.54) is 0 Å². The van der Waals surface area contributed by atoms with Crippen LogP contribution in [0.1, 0.15) is 15.9 Å². The van der Waals surface area contributed by atoms with Gasteiger partial charge in [0, 0.05) is 14.5 Å². The molecule has 0 aliphatic rings. The normalized spacial score (nSPS) is 10.8. The number of halogens is 2. The van der Waals surface area contributed by atoms with Crippen molar-refractivity contribution in [1.82, 2.24) is 0 Å². The van der Waals surface area contributed by atoms with Gasteiger partial charge >= 0.3 is 0 Å². The molecule has 0 bridgehead atoms. The number of benzene rings is 2. The standard InChI is InChI=1S/C15H10Br2O/c16-13-8-4-7-12(15(13)17)9-10-14(18)11-5-2-1-3-6-11/h1-10H. The molecule has 2 aromatic rings. The van der Waals surface area contributed by atoms with E-state index in [-0.39, 0.29) is 5.78 Å². The van der Waals surface area contributed by atoms with Crippen molar-refractivity contribution in [3.63, 3.8) is 0 Å². The van der Waals surface area contributed by atoms with Gasteiger partial charge in [-0.3, -0.25) is 4.79 Å². The summed E-state index contributed by atoms with van der Waals surface area (Å²) in [4.78, 5) is 11.9. The van der Waals surface area contributed by atoms with Gasteiger partial charge in [0.05, 0.1) is 0 Å². The Labute approximate surface area is 123 Å². The van der Waals surface area contributed by atoms with Crippen molar-refractivity contribution in [2.75, 3.05) is 0 Å². The molecule has 90 valence electrons. The van der Waals surface area contributed by atoms with Gasteiger partial charge in [0.15, 0.2) is 5.78 Å². The first kappa shape index (κ1) is 13.2. The minimum absolute atomic E-state index is 0.00229. The van der Waals surface area contributed by atoms with E-state index in [1.54, 1.807) is 6.08 Å². The first-order valence-corrected chi connectivity index (χ1v) is 6.98. The second-order valence-corrected chi connectivity index (χ2v) is 5.35. The molecule has 0 atom stereocenters. The maximum Gasteiger partial charge on any atom is 0.185 e. The highest BCUT2D eigenvalue weighted by Crippen LogP contribution is 2.27. The number of ketones is 1. The fourth-order valence-corrected chi connectivity index (χ4v) is 2.29. The minimum atomic E-state index is 0.00229. The first-order chi connectivity index (χ1) is 8.68. The number of hydrogen-bond donors (Lipinski definition) is 0. The van der Waals surface area contributed by atoms with Crippen LogP contribution in [0.25, 0.3) is 6.08 Å². The van der Waals surface area contributed by atoms with Crippen molar-refractivity contribution in [3.05, 3.63) is 74.7 Å². The van der Waals surface area contributed by atoms with Crippen LogP contribution < -0.4 is 0 Å². The van der Waals surface area contributed by atoms with Crippen LogP contribution in [0.5, 0.6) is 0 Å². The van der Waals surface area contributed by atoms with Crippen LogP contribution in [-0.4, -0.2) is 5.78 Å². The Morgan fingerprint density at radius 1 is 0.944 bits per heavy atom. The van der Waals surface area contributed by atoms with Crippen LogP contribution in [0, 0.1) is 0 Å². The number of allylic oxidation sites excluding steroid dienone is 1. The summed E-state index contributed by atoms with van der Waals surface area (Å²) in [7, 11) is 0. The molecule has 0 amide bonds. The molecule has 2 aromatic carbocycles. The van der Waals surface area contributed by atoms with Crippen LogP contribution in [0.4, 0.5) is 0 Å². The molecule has 0 fully saturated rings. The van der Waals surface area contributed by atoms with Crippen molar-refractivity contribution >= 4 is 43.7 Å². The summed E-state index contributed by atoms with van der Waals surface area (Å²) in [5.41, 5.74) is 1.66. The maximum absolute atomic E-state index is 11.9. The number of carbonyl (C=O) groups excluding carboxylic acids is 1. The lowest BCUT2D eigenvalue weighted by Gasteiger charge is -2.00. The van der Waals surface area contributed by atoms with Crippen LogP contribution in [0.2, 0.25) is 0 Å². The predicted octanol–water partition coefficient (Wildman–Crippen LogP) is 5.11. The van der Waals surface area contributed by atoms with Crippen molar-refractivity contribution in [3.8, 4) is 0 Å². The summed E-state index contributed by atoms with van der Waals surface area (Å²) >= 11 is 6.91. The third-order valence-electron chi connectivity index (χ3n) is 2.45. The molecule has 0 N–H and O–H groups in total. The summed E-state index contributed by atoms with van der Waals surface area (Å²) in [6.45, 7) is 0. The third kappa shape index (κ3) is 3.18. The molecular weight excluding hydrogens is 356 g/mol. The van der Waals surface area contributed by atoms with Gasteiger partial charge in [0.2, 0.25) is 0 Å². The monoisotopic (exact) mass is 364 g/mol. The van der Waals surface area contributed by atoms with Gasteiger partial charge in [-0.15, -0.1) is 0 Å². The molecule has 0 aromatic heterocycles. The average Bonchev–Trinajstić information content (AvgIpc) is 2.41. The highest BCUT2D eigenvalue weighted by Gasteiger charge is 2.02. The molecular formula is C15H10Br2O. The van der Waals surface area contributed by atoms with E-state index >= 15 is 0 Å². The zero-order valence-electron chi connectivity index (χ0n) is 9.44. The van der Waals surface area contributed by atoms with Crippen LogP contribution in [-0.2, 0) is 0 Å². The van der Waals surface area contributed by atoms with Gasteiger partial charge < -0.3 is 0 Å². The lowest BCUT2D eigenvalue weighted by atomic mass is 10.1. The lowest BCUT2D eigenvalue weighted by Crippen LogP contribution is -1.92. The second kappa shape index (κ2) is 6.12. The molecule has 0 heterocycles. The molecule has 0 unspecified atom stereocenters. The first-order valence-electron chi connectivity index (χ1n) is 5.40. The fraction of sp³-hybridized carbons (Fsp3) is 0. The van der Waals surface area contributed by atoms with Gasteiger partial charge in [0.25, 0.3) is 0 Å². The van der Waals surface area contributed by atoms with E-state index in [2.05, 4.69) is 31.9 Å². The Balaban J connectivity index is 2.22. The Kier molecular flexibility index (Phi) is 4.50. The van der Waals surface area contributed by atoms with E-state index in [0.717, 1.165) is 14.5 Å².